The molecule has 0 saturated carbocycles. The van der Waals surface area contributed by atoms with Gasteiger partial charge in [0.05, 0.1) is 24.7 Å². The standard InChI is InChI=1S/C11H11N3O2/c1-16-11-4-2-9(3-5-11)14-10(6-7-15)8-12-13-14/h2-5,7-8H,6H2,1H3. The van der Waals surface area contributed by atoms with Crippen LogP contribution < -0.4 is 4.74 Å². The molecule has 0 aliphatic heterocycles. The van der Waals surface area contributed by atoms with E-state index in [0.717, 1.165) is 23.4 Å². The summed E-state index contributed by atoms with van der Waals surface area (Å²) in [6.45, 7) is 0. The highest BCUT2D eigenvalue weighted by molar-refractivity contribution is 5.54. The molecule has 0 amide bonds. The topological polar surface area (TPSA) is 57.0 Å². The molecular weight excluding hydrogens is 206 g/mol. The van der Waals surface area contributed by atoms with Gasteiger partial charge in [0.1, 0.15) is 12.0 Å². The number of rotatable bonds is 4. The molecule has 0 saturated heterocycles. The first-order valence-corrected chi connectivity index (χ1v) is 4.83. The lowest BCUT2D eigenvalue weighted by atomic mass is 10.3. The van der Waals surface area contributed by atoms with E-state index in [1.165, 1.54) is 0 Å². The summed E-state index contributed by atoms with van der Waals surface area (Å²) in [5.74, 6) is 0.779. The van der Waals surface area contributed by atoms with Gasteiger partial charge in [-0.15, -0.1) is 5.10 Å². The van der Waals surface area contributed by atoms with E-state index in [9.17, 15) is 4.79 Å². The van der Waals surface area contributed by atoms with Gasteiger partial charge in [-0.2, -0.15) is 0 Å². The summed E-state index contributed by atoms with van der Waals surface area (Å²) >= 11 is 0. The van der Waals surface area contributed by atoms with E-state index in [1.807, 2.05) is 24.3 Å². The van der Waals surface area contributed by atoms with E-state index in [1.54, 1.807) is 18.0 Å². The zero-order valence-electron chi connectivity index (χ0n) is 8.83. The highest BCUT2D eigenvalue weighted by Gasteiger charge is 2.05. The second-order valence-corrected chi connectivity index (χ2v) is 3.21. The molecule has 2 aromatic rings. The smallest absolute Gasteiger partial charge is 0.126 e. The van der Waals surface area contributed by atoms with Gasteiger partial charge in [0.2, 0.25) is 0 Å². The van der Waals surface area contributed by atoms with Gasteiger partial charge < -0.3 is 9.53 Å². The number of aldehydes is 1. The number of carbonyl (C=O) groups excluding carboxylic acids is 1. The van der Waals surface area contributed by atoms with Crippen molar-refractivity contribution in [1.82, 2.24) is 15.0 Å². The Hall–Kier alpha value is -2.17. The predicted molar refractivity (Wildman–Crippen MR) is 57.7 cm³/mol. The third kappa shape index (κ3) is 1.93. The van der Waals surface area contributed by atoms with Gasteiger partial charge in [-0.05, 0) is 24.3 Å². The molecule has 82 valence electrons. The number of ether oxygens (including phenoxy) is 1. The Balaban J connectivity index is 2.34. The molecule has 0 N–H and O–H groups in total. The fourth-order valence-corrected chi connectivity index (χ4v) is 1.42. The predicted octanol–water partition coefficient (Wildman–Crippen LogP) is 1.02. The van der Waals surface area contributed by atoms with E-state index in [2.05, 4.69) is 10.3 Å². The molecule has 5 heteroatoms. The maximum Gasteiger partial charge on any atom is 0.126 e. The first-order chi connectivity index (χ1) is 7.85. The van der Waals surface area contributed by atoms with Crippen molar-refractivity contribution in [3.05, 3.63) is 36.2 Å². The van der Waals surface area contributed by atoms with Crippen LogP contribution in [0, 0.1) is 0 Å². The number of carbonyl (C=O) groups is 1. The van der Waals surface area contributed by atoms with Gasteiger partial charge in [0.25, 0.3) is 0 Å². The summed E-state index contributed by atoms with van der Waals surface area (Å²) in [5.41, 5.74) is 1.62. The largest absolute Gasteiger partial charge is 0.497 e. The number of methoxy groups -OCH3 is 1. The number of benzene rings is 1. The van der Waals surface area contributed by atoms with Crippen LogP contribution in [-0.4, -0.2) is 28.4 Å². The van der Waals surface area contributed by atoms with Crippen LogP contribution >= 0.6 is 0 Å². The quantitative estimate of drug-likeness (QED) is 0.717. The van der Waals surface area contributed by atoms with Crippen molar-refractivity contribution in [1.29, 1.82) is 0 Å². The van der Waals surface area contributed by atoms with Crippen molar-refractivity contribution in [2.45, 2.75) is 6.42 Å². The average molecular weight is 217 g/mol. The second kappa shape index (κ2) is 4.57. The summed E-state index contributed by atoms with van der Waals surface area (Å²) in [4.78, 5) is 10.5. The van der Waals surface area contributed by atoms with Crippen LogP contribution in [0.2, 0.25) is 0 Å². The normalized spacial score (nSPS) is 10.1. The zero-order valence-corrected chi connectivity index (χ0v) is 8.83. The number of nitrogens with zero attached hydrogens (tertiary/aromatic N) is 3. The van der Waals surface area contributed by atoms with Crippen LogP contribution in [0.1, 0.15) is 5.69 Å². The number of hydrogen-bond acceptors (Lipinski definition) is 4. The molecule has 0 fully saturated rings. The van der Waals surface area contributed by atoms with Crippen LogP contribution in [0.4, 0.5) is 0 Å². The first kappa shape index (κ1) is 10.4. The Morgan fingerprint density at radius 1 is 1.38 bits per heavy atom. The minimum absolute atomic E-state index is 0.305. The highest BCUT2D eigenvalue weighted by atomic mass is 16.5. The van der Waals surface area contributed by atoms with E-state index >= 15 is 0 Å². The Morgan fingerprint density at radius 2 is 2.12 bits per heavy atom. The van der Waals surface area contributed by atoms with Gasteiger partial charge in [-0.1, -0.05) is 5.21 Å². The first-order valence-electron chi connectivity index (χ1n) is 4.83. The van der Waals surface area contributed by atoms with E-state index in [4.69, 9.17) is 4.74 Å². The monoisotopic (exact) mass is 217 g/mol. The molecular formula is C11H11N3O2. The number of aromatic nitrogens is 3. The summed E-state index contributed by atoms with van der Waals surface area (Å²) in [7, 11) is 1.61. The third-order valence-electron chi connectivity index (χ3n) is 2.23. The van der Waals surface area contributed by atoms with E-state index in [0.29, 0.717) is 6.42 Å². The molecule has 0 atom stereocenters. The molecule has 5 nitrogen and oxygen atoms in total. The summed E-state index contributed by atoms with van der Waals surface area (Å²) < 4.78 is 6.70. The molecule has 0 spiro atoms. The third-order valence-corrected chi connectivity index (χ3v) is 2.23. The Morgan fingerprint density at radius 3 is 2.75 bits per heavy atom. The Kier molecular flexibility index (Phi) is 2.95. The van der Waals surface area contributed by atoms with Crippen LogP contribution in [0.25, 0.3) is 5.69 Å². The van der Waals surface area contributed by atoms with Gasteiger partial charge >= 0.3 is 0 Å². The molecule has 1 heterocycles. The fraction of sp³-hybridized carbons (Fsp3) is 0.182. The maximum atomic E-state index is 10.5. The molecule has 0 aliphatic rings. The van der Waals surface area contributed by atoms with Crippen molar-refractivity contribution < 1.29 is 9.53 Å². The van der Waals surface area contributed by atoms with Crippen molar-refractivity contribution >= 4 is 6.29 Å². The lowest BCUT2D eigenvalue weighted by Crippen LogP contribution is -2.02. The van der Waals surface area contributed by atoms with E-state index < -0.39 is 0 Å². The lowest BCUT2D eigenvalue weighted by Gasteiger charge is -2.05. The summed E-state index contributed by atoms with van der Waals surface area (Å²) in [5, 5.41) is 7.71. The molecule has 0 radical (unpaired) electrons. The van der Waals surface area contributed by atoms with Crippen LogP contribution in [0.3, 0.4) is 0 Å². The average Bonchev–Trinajstić information content (AvgIpc) is 2.78. The van der Waals surface area contributed by atoms with Gasteiger partial charge in [-0.3, -0.25) is 0 Å². The van der Waals surface area contributed by atoms with E-state index in [-0.39, 0.29) is 0 Å². The molecule has 0 unspecified atom stereocenters. The van der Waals surface area contributed by atoms with Crippen LogP contribution in [0.5, 0.6) is 5.75 Å². The molecule has 1 aromatic heterocycles. The minimum Gasteiger partial charge on any atom is -0.497 e. The van der Waals surface area contributed by atoms with Crippen molar-refractivity contribution in [2.75, 3.05) is 7.11 Å². The summed E-state index contributed by atoms with van der Waals surface area (Å²) in [6, 6.07) is 7.40. The molecule has 16 heavy (non-hydrogen) atoms. The van der Waals surface area contributed by atoms with Gasteiger partial charge in [0.15, 0.2) is 0 Å². The molecule has 0 bridgehead atoms. The van der Waals surface area contributed by atoms with Crippen molar-refractivity contribution in [3.63, 3.8) is 0 Å². The fourth-order valence-electron chi connectivity index (χ4n) is 1.42. The lowest BCUT2D eigenvalue weighted by molar-refractivity contribution is -0.107. The van der Waals surface area contributed by atoms with Crippen molar-refractivity contribution in [3.8, 4) is 11.4 Å². The highest BCUT2D eigenvalue weighted by Crippen LogP contribution is 2.15. The maximum absolute atomic E-state index is 10.5. The van der Waals surface area contributed by atoms with Gasteiger partial charge in [-0.25, -0.2) is 4.68 Å². The Bertz CT molecular complexity index is 476. The molecule has 2 rings (SSSR count). The van der Waals surface area contributed by atoms with Crippen molar-refractivity contribution in [2.24, 2.45) is 0 Å². The van der Waals surface area contributed by atoms with Crippen LogP contribution in [-0.2, 0) is 11.2 Å². The minimum atomic E-state index is 0.305. The number of hydrogen-bond donors (Lipinski definition) is 0. The Labute approximate surface area is 92.7 Å². The molecule has 1 aromatic carbocycles. The second-order valence-electron chi connectivity index (χ2n) is 3.21. The SMILES string of the molecule is COc1ccc(-n2nncc2CC=O)cc1. The van der Waals surface area contributed by atoms with Gasteiger partial charge in [0, 0.05) is 6.42 Å². The zero-order chi connectivity index (χ0) is 11.4. The van der Waals surface area contributed by atoms with Crippen LogP contribution in [0.15, 0.2) is 30.5 Å². The summed E-state index contributed by atoms with van der Waals surface area (Å²) in [6.07, 6.45) is 2.72. The molecule has 0 aliphatic carbocycles.